The summed E-state index contributed by atoms with van der Waals surface area (Å²) in [6.07, 6.45) is -12.9. The van der Waals surface area contributed by atoms with Gasteiger partial charge in [0.2, 0.25) is 5.24 Å². The second kappa shape index (κ2) is 4.26. The summed E-state index contributed by atoms with van der Waals surface area (Å²) >= 11 is 4.80. The number of hydrogen-bond donors (Lipinski definition) is 1. The Balaban J connectivity index is 3.12. The number of carbonyl (C=O) groups excluding carboxylic acids is 2. The van der Waals surface area contributed by atoms with Crippen molar-refractivity contribution in [2.24, 2.45) is 0 Å². The predicted molar refractivity (Wildman–Crippen MR) is 43.3 cm³/mol. The van der Waals surface area contributed by atoms with Crippen LogP contribution < -0.4 is 5.32 Å². The largest absolute Gasteiger partial charge is 0.452 e. The SMILES string of the molecule is O=C(Cl)C[C@H]1NC(C(F)(F)F)(C(F)(F)F)OC1=O. The average molecular weight is 300 g/mol. The summed E-state index contributed by atoms with van der Waals surface area (Å²) < 4.78 is 77.9. The number of nitrogens with one attached hydrogen (secondary N) is 1. The van der Waals surface area contributed by atoms with Gasteiger partial charge < -0.3 is 4.74 Å². The second-order valence-corrected chi connectivity index (χ2v) is 3.78. The van der Waals surface area contributed by atoms with E-state index >= 15 is 0 Å². The van der Waals surface area contributed by atoms with Gasteiger partial charge in [-0.15, -0.1) is 0 Å². The Labute approximate surface area is 100 Å². The zero-order valence-electron chi connectivity index (χ0n) is 8.15. The van der Waals surface area contributed by atoms with Crippen LogP contribution in [0, 0.1) is 0 Å². The first-order valence-electron chi connectivity index (χ1n) is 4.23. The van der Waals surface area contributed by atoms with Gasteiger partial charge in [0.25, 0.3) is 0 Å². The van der Waals surface area contributed by atoms with E-state index in [0.29, 0.717) is 0 Å². The van der Waals surface area contributed by atoms with Crippen LogP contribution in [0.15, 0.2) is 0 Å². The van der Waals surface area contributed by atoms with Crippen LogP contribution in [-0.4, -0.2) is 35.3 Å². The molecule has 0 aromatic rings. The molecule has 0 bridgehead atoms. The maximum atomic E-state index is 12.4. The maximum absolute atomic E-state index is 12.4. The van der Waals surface area contributed by atoms with Crippen LogP contribution in [0.25, 0.3) is 0 Å². The Hall–Kier alpha value is -1.03. The Bertz CT molecular complexity index is 364. The molecule has 11 heteroatoms. The molecule has 1 rings (SSSR count). The zero-order chi connectivity index (χ0) is 14.4. The molecule has 1 N–H and O–H groups in total. The molecule has 0 radical (unpaired) electrons. The van der Waals surface area contributed by atoms with Gasteiger partial charge in [0.1, 0.15) is 6.04 Å². The minimum atomic E-state index is -5.93. The number of halogens is 7. The fourth-order valence-corrected chi connectivity index (χ4v) is 1.45. The number of cyclic esters (lactones) is 1. The first-order valence-corrected chi connectivity index (χ1v) is 4.61. The van der Waals surface area contributed by atoms with Crippen LogP contribution in [-0.2, 0) is 14.3 Å². The van der Waals surface area contributed by atoms with Gasteiger partial charge in [0.15, 0.2) is 0 Å². The fourth-order valence-electron chi connectivity index (χ4n) is 1.29. The molecule has 0 saturated carbocycles. The highest BCUT2D eigenvalue weighted by atomic mass is 35.5. The standard InChI is InChI=1S/C7H4ClF6NO3/c8-3(16)1-2-4(17)18-5(15-2,6(9,10)11)7(12,13)14/h2,15H,1H2/t2-/m1/s1. The lowest BCUT2D eigenvalue weighted by atomic mass is 10.1. The average Bonchev–Trinajstić information content (AvgIpc) is 2.41. The van der Waals surface area contributed by atoms with E-state index in [9.17, 15) is 35.9 Å². The highest BCUT2D eigenvalue weighted by Crippen LogP contribution is 2.46. The molecule has 0 amide bonds. The molecule has 4 nitrogen and oxygen atoms in total. The van der Waals surface area contributed by atoms with Crippen molar-refractivity contribution < 1.29 is 40.7 Å². The number of hydrogen-bond acceptors (Lipinski definition) is 4. The van der Waals surface area contributed by atoms with Crippen molar-refractivity contribution in [1.82, 2.24) is 5.32 Å². The third kappa shape index (κ3) is 2.39. The van der Waals surface area contributed by atoms with Crippen LogP contribution in [0.1, 0.15) is 6.42 Å². The molecule has 1 aliphatic rings. The second-order valence-electron chi connectivity index (χ2n) is 3.35. The molecule has 18 heavy (non-hydrogen) atoms. The van der Waals surface area contributed by atoms with Crippen molar-refractivity contribution in [2.45, 2.75) is 30.5 Å². The molecule has 0 aliphatic carbocycles. The summed E-state index contributed by atoms with van der Waals surface area (Å²) in [4.78, 5) is 21.3. The van der Waals surface area contributed by atoms with E-state index in [1.54, 1.807) is 0 Å². The van der Waals surface area contributed by atoms with E-state index in [4.69, 9.17) is 11.6 Å². The van der Waals surface area contributed by atoms with E-state index < -0.39 is 41.8 Å². The van der Waals surface area contributed by atoms with Crippen molar-refractivity contribution in [3.05, 3.63) is 0 Å². The molecule has 0 aromatic heterocycles. The van der Waals surface area contributed by atoms with E-state index in [2.05, 4.69) is 4.74 Å². The Morgan fingerprint density at radius 1 is 1.28 bits per heavy atom. The third-order valence-electron chi connectivity index (χ3n) is 2.08. The van der Waals surface area contributed by atoms with Crippen LogP contribution in [0.2, 0.25) is 0 Å². The molecular formula is C7H4ClF6NO3. The number of carbonyl (C=O) groups is 2. The molecule has 1 aliphatic heterocycles. The van der Waals surface area contributed by atoms with Crippen LogP contribution in [0.5, 0.6) is 0 Å². The topological polar surface area (TPSA) is 55.4 Å². The lowest BCUT2D eigenvalue weighted by Crippen LogP contribution is -2.65. The van der Waals surface area contributed by atoms with Crippen molar-refractivity contribution in [3.8, 4) is 0 Å². The summed E-state index contributed by atoms with van der Waals surface area (Å²) in [7, 11) is 0. The minimum absolute atomic E-state index is 0.938. The van der Waals surface area contributed by atoms with Crippen molar-refractivity contribution in [3.63, 3.8) is 0 Å². The minimum Gasteiger partial charge on any atom is -0.424 e. The van der Waals surface area contributed by atoms with Gasteiger partial charge in [-0.1, -0.05) is 0 Å². The van der Waals surface area contributed by atoms with Crippen molar-refractivity contribution >= 4 is 22.8 Å². The number of esters is 1. The van der Waals surface area contributed by atoms with Gasteiger partial charge in [-0.3, -0.25) is 14.9 Å². The summed E-state index contributed by atoms with van der Waals surface area (Å²) in [5, 5.41) is -0.335. The van der Waals surface area contributed by atoms with Gasteiger partial charge in [-0.05, 0) is 11.6 Å². The lowest BCUT2D eigenvalue weighted by molar-refractivity contribution is -0.369. The quantitative estimate of drug-likeness (QED) is 0.477. The van der Waals surface area contributed by atoms with Gasteiger partial charge in [0.05, 0.1) is 0 Å². The first-order chi connectivity index (χ1) is 7.91. The van der Waals surface area contributed by atoms with Crippen LogP contribution >= 0.6 is 11.6 Å². The van der Waals surface area contributed by atoms with Crippen molar-refractivity contribution in [2.75, 3.05) is 0 Å². The molecule has 1 saturated heterocycles. The molecule has 104 valence electrons. The highest BCUT2D eigenvalue weighted by Gasteiger charge is 2.78. The van der Waals surface area contributed by atoms with E-state index in [0.717, 1.165) is 5.32 Å². The molecule has 1 heterocycles. The zero-order valence-corrected chi connectivity index (χ0v) is 8.91. The predicted octanol–water partition coefficient (Wildman–Crippen LogP) is 1.48. The third-order valence-corrected chi connectivity index (χ3v) is 2.23. The Morgan fingerprint density at radius 2 is 1.72 bits per heavy atom. The van der Waals surface area contributed by atoms with Gasteiger partial charge in [0, 0.05) is 6.42 Å². The number of rotatable bonds is 2. The summed E-state index contributed by atoms with van der Waals surface area (Å²) in [6.45, 7) is 0. The Kier molecular flexibility index (Phi) is 3.56. The van der Waals surface area contributed by atoms with Gasteiger partial charge in [-0.2, -0.15) is 26.3 Å². The highest BCUT2D eigenvalue weighted by molar-refractivity contribution is 6.63. The first kappa shape index (κ1) is 15.0. The van der Waals surface area contributed by atoms with Crippen LogP contribution in [0.4, 0.5) is 26.3 Å². The smallest absolute Gasteiger partial charge is 0.424 e. The molecule has 1 atom stereocenters. The van der Waals surface area contributed by atoms with E-state index in [1.165, 1.54) is 0 Å². The number of ether oxygens (including phenoxy) is 1. The lowest BCUT2D eigenvalue weighted by Gasteiger charge is -2.31. The molecule has 0 unspecified atom stereocenters. The molecule has 0 aromatic carbocycles. The molecular weight excluding hydrogens is 296 g/mol. The van der Waals surface area contributed by atoms with Crippen LogP contribution in [0.3, 0.4) is 0 Å². The molecule has 1 fully saturated rings. The number of alkyl halides is 6. The van der Waals surface area contributed by atoms with Gasteiger partial charge >= 0.3 is 24.0 Å². The van der Waals surface area contributed by atoms with Crippen molar-refractivity contribution in [1.29, 1.82) is 0 Å². The normalized spacial score (nSPS) is 23.9. The Morgan fingerprint density at radius 3 is 2.00 bits per heavy atom. The maximum Gasteiger partial charge on any atom is 0.452 e. The monoisotopic (exact) mass is 299 g/mol. The fraction of sp³-hybridized carbons (Fsp3) is 0.714. The summed E-state index contributed by atoms with van der Waals surface area (Å²) in [5.74, 6) is -1.85. The summed E-state index contributed by atoms with van der Waals surface area (Å²) in [5.41, 5.74) is -4.81. The van der Waals surface area contributed by atoms with E-state index in [1.807, 2.05) is 0 Å². The summed E-state index contributed by atoms with van der Waals surface area (Å²) in [6, 6.07) is -2.10. The van der Waals surface area contributed by atoms with E-state index in [-0.39, 0.29) is 0 Å². The van der Waals surface area contributed by atoms with Gasteiger partial charge in [-0.25, -0.2) is 0 Å². The molecule has 0 spiro atoms.